The topological polar surface area (TPSA) is 74.1 Å². The van der Waals surface area contributed by atoms with Crippen LogP contribution < -0.4 is 4.28 Å². The van der Waals surface area contributed by atoms with Crippen LogP contribution in [0.25, 0.3) is 11.0 Å². The summed E-state index contributed by atoms with van der Waals surface area (Å²) in [5.74, 6) is 0. The number of nitrogens with zero attached hydrogens (tertiary/aromatic N) is 3. The van der Waals surface area contributed by atoms with Crippen molar-refractivity contribution in [3.63, 3.8) is 0 Å². The minimum Gasteiger partial charge on any atom is -0.251 e. The highest BCUT2D eigenvalue weighted by Crippen LogP contribution is 2.06. The standard InChI is InChI=1S/C7H7N3O3S/c1-14(11,12)13-10-8-6-4-2-3-5-7(6)9-10/h2-5H,1H3. The van der Waals surface area contributed by atoms with Crippen molar-refractivity contribution in [2.24, 2.45) is 0 Å². The number of hydrogen-bond acceptors (Lipinski definition) is 5. The minimum atomic E-state index is -3.59. The summed E-state index contributed by atoms with van der Waals surface area (Å²) in [6.07, 6.45) is 0.932. The zero-order chi connectivity index (χ0) is 10.2. The summed E-state index contributed by atoms with van der Waals surface area (Å²) in [6, 6.07) is 6.98. The minimum absolute atomic E-state index is 0.580. The van der Waals surface area contributed by atoms with E-state index < -0.39 is 10.1 Å². The van der Waals surface area contributed by atoms with Gasteiger partial charge in [-0.2, -0.15) is 8.42 Å². The molecule has 0 radical (unpaired) electrons. The van der Waals surface area contributed by atoms with Crippen molar-refractivity contribution < 1.29 is 12.7 Å². The molecule has 0 unspecified atom stereocenters. The van der Waals surface area contributed by atoms with Crippen molar-refractivity contribution in [2.45, 2.75) is 0 Å². The number of fused-ring (bicyclic) bond motifs is 1. The Morgan fingerprint density at radius 2 is 1.71 bits per heavy atom. The van der Waals surface area contributed by atoms with E-state index in [1.165, 1.54) is 0 Å². The summed E-state index contributed by atoms with van der Waals surface area (Å²) < 4.78 is 26.0. The SMILES string of the molecule is CS(=O)(=O)On1nc2ccccc2n1. The Morgan fingerprint density at radius 3 is 2.14 bits per heavy atom. The zero-order valence-corrected chi connectivity index (χ0v) is 8.10. The van der Waals surface area contributed by atoms with Gasteiger partial charge in [0, 0.05) is 4.96 Å². The number of aromatic nitrogens is 3. The quantitative estimate of drug-likeness (QED) is 0.691. The summed E-state index contributed by atoms with van der Waals surface area (Å²) in [7, 11) is -3.59. The van der Waals surface area contributed by atoms with E-state index in [-0.39, 0.29) is 0 Å². The van der Waals surface area contributed by atoms with Gasteiger partial charge in [-0.15, -0.1) is 10.2 Å². The van der Waals surface area contributed by atoms with Crippen LogP contribution in [0.3, 0.4) is 0 Å². The van der Waals surface area contributed by atoms with Crippen LogP contribution in [0, 0.1) is 0 Å². The molecule has 2 rings (SSSR count). The van der Waals surface area contributed by atoms with E-state index in [0.717, 1.165) is 6.26 Å². The largest absolute Gasteiger partial charge is 0.327 e. The second-order valence-corrected chi connectivity index (χ2v) is 4.28. The molecule has 2 aromatic rings. The van der Waals surface area contributed by atoms with Gasteiger partial charge in [0.2, 0.25) is 0 Å². The number of rotatable bonds is 2. The first kappa shape index (κ1) is 8.95. The second kappa shape index (κ2) is 2.95. The summed E-state index contributed by atoms with van der Waals surface area (Å²) in [5.41, 5.74) is 1.16. The molecule has 0 saturated heterocycles. The molecule has 0 amide bonds. The average Bonchev–Trinajstić information content (AvgIpc) is 2.42. The average molecular weight is 213 g/mol. The molecule has 6 nitrogen and oxygen atoms in total. The Kier molecular flexibility index (Phi) is 1.88. The van der Waals surface area contributed by atoms with E-state index in [9.17, 15) is 8.42 Å². The molecule has 0 fully saturated rings. The predicted octanol–water partition coefficient (Wildman–Crippen LogP) is -0.181. The lowest BCUT2D eigenvalue weighted by Gasteiger charge is -1.95. The van der Waals surface area contributed by atoms with Gasteiger partial charge in [-0.3, -0.25) is 4.28 Å². The molecule has 1 aromatic heterocycles. The zero-order valence-electron chi connectivity index (χ0n) is 7.28. The van der Waals surface area contributed by atoms with Crippen LogP contribution in [0.15, 0.2) is 24.3 Å². The second-order valence-electron chi connectivity index (χ2n) is 2.72. The van der Waals surface area contributed by atoms with Crippen molar-refractivity contribution in [2.75, 3.05) is 6.26 Å². The van der Waals surface area contributed by atoms with Gasteiger partial charge >= 0.3 is 10.1 Å². The summed E-state index contributed by atoms with van der Waals surface area (Å²) in [5, 5.41) is 7.60. The normalized spacial score (nSPS) is 11.8. The van der Waals surface area contributed by atoms with E-state index in [2.05, 4.69) is 14.5 Å². The summed E-state index contributed by atoms with van der Waals surface area (Å²) >= 11 is 0. The molecular formula is C7H7N3O3S. The van der Waals surface area contributed by atoms with Crippen LogP contribution in [0.4, 0.5) is 0 Å². The molecule has 0 atom stereocenters. The molecule has 0 aliphatic rings. The maximum absolute atomic E-state index is 10.8. The van der Waals surface area contributed by atoms with Gasteiger partial charge in [-0.25, -0.2) is 0 Å². The molecule has 1 heterocycles. The van der Waals surface area contributed by atoms with E-state index >= 15 is 0 Å². The fourth-order valence-electron chi connectivity index (χ4n) is 0.994. The van der Waals surface area contributed by atoms with Crippen molar-refractivity contribution in [3.05, 3.63) is 24.3 Å². The first-order valence-electron chi connectivity index (χ1n) is 3.77. The van der Waals surface area contributed by atoms with Gasteiger partial charge in [0.25, 0.3) is 0 Å². The smallest absolute Gasteiger partial charge is 0.251 e. The van der Waals surface area contributed by atoms with Crippen LogP contribution in [0.5, 0.6) is 0 Å². The molecule has 0 bridgehead atoms. The summed E-state index contributed by atoms with van der Waals surface area (Å²) in [4.78, 5) is 0.694. The highest BCUT2D eigenvalue weighted by Gasteiger charge is 2.07. The van der Waals surface area contributed by atoms with Gasteiger partial charge in [0.1, 0.15) is 11.0 Å². The van der Waals surface area contributed by atoms with Gasteiger partial charge in [0.05, 0.1) is 6.26 Å². The van der Waals surface area contributed by atoms with Crippen LogP contribution in [0.2, 0.25) is 0 Å². The van der Waals surface area contributed by atoms with Gasteiger partial charge in [0.15, 0.2) is 0 Å². The van der Waals surface area contributed by atoms with Gasteiger partial charge < -0.3 is 0 Å². The van der Waals surface area contributed by atoms with Crippen LogP contribution in [0.1, 0.15) is 0 Å². The third-order valence-corrected chi connectivity index (χ3v) is 1.87. The number of hydrogen-bond donors (Lipinski definition) is 0. The molecule has 74 valence electrons. The Morgan fingerprint density at radius 1 is 1.21 bits per heavy atom. The highest BCUT2D eigenvalue weighted by molar-refractivity contribution is 7.86. The van der Waals surface area contributed by atoms with Gasteiger partial charge in [-0.05, 0) is 12.1 Å². The lowest BCUT2D eigenvalue weighted by Crippen LogP contribution is -2.20. The molecule has 14 heavy (non-hydrogen) atoms. The fraction of sp³-hybridized carbons (Fsp3) is 0.143. The lowest BCUT2D eigenvalue weighted by atomic mass is 10.3. The molecule has 1 aromatic carbocycles. The molecule has 0 aliphatic carbocycles. The van der Waals surface area contributed by atoms with Crippen LogP contribution in [-0.4, -0.2) is 29.8 Å². The Bertz CT molecular complexity index is 527. The molecular weight excluding hydrogens is 206 g/mol. The predicted molar refractivity (Wildman–Crippen MR) is 49.0 cm³/mol. The van der Waals surface area contributed by atoms with Crippen molar-refractivity contribution in [3.8, 4) is 0 Å². The molecule has 7 heteroatoms. The Labute approximate surface area is 80.2 Å². The van der Waals surface area contributed by atoms with Gasteiger partial charge in [-0.1, -0.05) is 12.1 Å². The van der Waals surface area contributed by atoms with Crippen molar-refractivity contribution in [1.82, 2.24) is 15.2 Å². The number of benzene rings is 1. The van der Waals surface area contributed by atoms with Crippen LogP contribution in [-0.2, 0) is 10.1 Å². The van der Waals surface area contributed by atoms with E-state index in [1.54, 1.807) is 24.3 Å². The van der Waals surface area contributed by atoms with E-state index in [1.807, 2.05) is 0 Å². The van der Waals surface area contributed by atoms with Crippen molar-refractivity contribution >= 4 is 21.2 Å². The Balaban J connectivity index is 2.46. The fourth-order valence-corrected chi connectivity index (χ4v) is 1.30. The molecule has 0 spiro atoms. The molecule has 0 N–H and O–H groups in total. The Hall–Kier alpha value is -1.63. The van der Waals surface area contributed by atoms with E-state index in [0.29, 0.717) is 16.0 Å². The third-order valence-electron chi connectivity index (χ3n) is 1.47. The first-order valence-corrected chi connectivity index (χ1v) is 5.58. The van der Waals surface area contributed by atoms with E-state index in [4.69, 9.17) is 0 Å². The maximum atomic E-state index is 10.8. The molecule has 0 aliphatic heterocycles. The maximum Gasteiger partial charge on any atom is 0.327 e. The lowest BCUT2D eigenvalue weighted by molar-refractivity contribution is 0.204. The van der Waals surface area contributed by atoms with Crippen LogP contribution >= 0.6 is 0 Å². The summed E-state index contributed by atoms with van der Waals surface area (Å²) in [6.45, 7) is 0. The monoisotopic (exact) mass is 213 g/mol. The highest BCUT2D eigenvalue weighted by atomic mass is 32.2. The van der Waals surface area contributed by atoms with Crippen molar-refractivity contribution in [1.29, 1.82) is 0 Å². The first-order chi connectivity index (χ1) is 6.54. The third kappa shape index (κ3) is 1.82. The molecule has 0 saturated carbocycles.